The van der Waals surface area contributed by atoms with Crippen LogP contribution >= 0.6 is 11.8 Å². The van der Waals surface area contributed by atoms with Crippen LogP contribution < -0.4 is 5.32 Å². The number of rotatable bonds is 3. The van der Waals surface area contributed by atoms with Crippen molar-refractivity contribution in [1.29, 1.82) is 0 Å². The Morgan fingerprint density at radius 3 is 2.73 bits per heavy atom. The summed E-state index contributed by atoms with van der Waals surface area (Å²) in [6, 6.07) is 10.8. The smallest absolute Gasteiger partial charge is 0.223 e. The molecular weight excluding hydrogens is 292 g/mol. The molecule has 0 aromatic heterocycles. The van der Waals surface area contributed by atoms with Crippen LogP contribution in [0.5, 0.6) is 0 Å². The minimum Gasteiger partial charge on any atom is -0.334 e. The highest BCUT2D eigenvalue weighted by Crippen LogP contribution is 2.36. The third kappa shape index (κ3) is 3.66. The maximum Gasteiger partial charge on any atom is 0.223 e. The summed E-state index contributed by atoms with van der Waals surface area (Å²) < 4.78 is 0. The Labute approximate surface area is 137 Å². The molecule has 120 valence electrons. The van der Waals surface area contributed by atoms with Crippen molar-refractivity contribution in [3.05, 3.63) is 35.9 Å². The summed E-state index contributed by atoms with van der Waals surface area (Å²) in [6.07, 6.45) is 3.00. The Balaban J connectivity index is 1.72. The molecule has 1 amide bonds. The minimum atomic E-state index is 0.231. The number of amides is 1. The third-order valence-electron chi connectivity index (χ3n) is 4.88. The van der Waals surface area contributed by atoms with Gasteiger partial charge in [0.2, 0.25) is 5.91 Å². The first kappa shape index (κ1) is 15.9. The van der Waals surface area contributed by atoms with Crippen LogP contribution in [0.25, 0.3) is 0 Å². The monoisotopic (exact) mass is 318 g/mol. The van der Waals surface area contributed by atoms with Gasteiger partial charge in [-0.1, -0.05) is 37.3 Å². The van der Waals surface area contributed by atoms with Crippen LogP contribution in [0.3, 0.4) is 0 Å². The molecule has 1 N–H and O–H groups in total. The van der Waals surface area contributed by atoms with E-state index in [1.165, 1.54) is 5.56 Å². The van der Waals surface area contributed by atoms with Crippen molar-refractivity contribution in [2.24, 2.45) is 5.92 Å². The zero-order valence-corrected chi connectivity index (χ0v) is 14.1. The number of hydrogen-bond donors (Lipinski definition) is 1. The zero-order valence-electron chi connectivity index (χ0n) is 13.3. The molecule has 2 saturated heterocycles. The first-order valence-corrected chi connectivity index (χ1v) is 9.47. The molecule has 1 aromatic rings. The van der Waals surface area contributed by atoms with Crippen molar-refractivity contribution in [3.63, 3.8) is 0 Å². The van der Waals surface area contributed by atoms with Crippen LogP contribution in [-0.4, -0.2) is 41.4 Å². The average molecular weight is 318 g/mol. The summed E-state index contributed by atoms with van der Waals surface area (Å²) in [5, 5.41) is 3.85. The lowest BCUT2D eigenvalue weighted by atomic mass is 9.93. The maximum atomic E-state index is 12.9. The maximum absolute atomic E-state index is 12.9. The number of piperidine rings is 1. The fourth-order valence-corrected chi connectivity index (χ4v) is 4.81. The van der Waals surface area contributed by atoms with Gasteiger partial charge >= 0.3 is 0 Å². The lowest BCUT2D eigenvalue weighted by molar-refractivity contribution is -0.134. The largest absolute Gasteiger partial charge is 0.334 e. The van der Waals surface area contributed by atoms with Crippen molar-refractivity contribution < 1.29 is 4.79 Å². The molecule has 0 bridgehead atoms. The molecule has 0 spiro atoms. The van der Waals surface area contributed by atoms with Crippen molar-refractivity contribution in [2.45, 2.75) is 37.5 Å². The van der Waals surface area contributed by atoms with Gasteiger partial charge in [0.05, 0.1) is 6.04 Å². The molecule has 2 atom stereocenters. The molecule has 0 unspecified atom stereocenters. The van der Waals surface area contributed by atoms with Gasteiger partial charge in [-0.2, -0.15) is 11.8 Å². The Morgan fingerprint density at radius 1 is 1.27 bits per heavy atom. The van der Waals surface area contributed by atoms with Gasteiger partial charge in [-0.3, -0.25) is 4.79 Å². The van der Waals surface area contributed by atoms with E-state index >= 15 is 0 Å². The Kier molecular flexibility index (Phi) is 5.42. The number of hydrogen-bond acceptors (Lipinski definition) is 3. The van der Waals surface area contributed by atoms with Gasteiger partial charge in [0.1, 0.15) is 0 Å². The van der Waals surface area contributed by atoms with Crippen LogP contribution in [0.15, 0.2) is 30.3 Å². The van der Waals surface area contributed by atoms with Crippen LogP contribution in [0.4, 0.5) is 0 Å². The molecule has 1 aromatic carbocycles. The Bertz CT molecular complexity index is 487. The zero-order chi connectivity index (χ0) is 15.4. The van der Waals surface area contributed by atoms with Gasteiger partial charge in [-0.25, -0.2) is 0 Å². The number of benzene rings is 1. The lowest BCUT2D eigenvalue weighted by Crippen LogP contribution is -2.45. The van der Waals surface area contributed by atoms with Crippen molar-refractivity contribution >= 4 is 17.7 Å². The molecule has 22 heavy (non-hydrogen) atoms. The molecule has 3 nitrogen and oxygen atoms in total. The van der Waals surface area contributed by atoms with E-state index in [4.69, 9.17) is 0 Å². The number of nitrogens with one attached hydrogen (secondary N) is 1. The standard InChI is InChI=1S/C18H26N2OS/c1-14-18(16-5-3-2-4-6-16)20(11-12-22-14)17(21)13-15-7-9-19-10-8-15/h2-6,14-15,18-19H,7-13H2,1H3/t14-,18-/m1/s1. The molecule has 0 aliphatic carbocycles. The van der Waals surface area contributed by atoms with Crippen LogP contribution in [0.1, 0.15) is 37.8 Å². The second-order valence-electron chi connectivity index (χ2n) is 6.42. The van der Waals surface area contributed by atoms with E-state index in [9.17, 15) is 4.79 Å². The van der Waals surface area contributed by atoms with Gasteiger partial charge in [-0.05, 0) is 37.4 Å². The summed E-state index contributed by atoms with van der Waals surface area (Å²) in [5.41, 5.74) is 1.28. The fourth-order valence-electron chi connectivity index (χ4n) is 3.65. The van der Waals surface area contributed by atoms with Gasteiger partial charge in [0.25, 0.3) is 0 Å². The number of nitrogens with zero attached hydrogens (tertiary/aromatic N) is 1. The van der Waals surface area contributed by atoms with Crippen molar-refractivity contribution in [1.82, 2.24) is 10.2 Å². The predicted molar refractivity (Wildman–Crippen MR) is 93.0 cm³/mol. The molecule has 2 aliphatic heterocycles. The van der Waals surface area contributed by atoms with Gasteiger partial charge in [0.15, 0.2) is 0 Å². The topological polar surface area (TPSA) is 32.3 Å². The lowest BCUT2D eigenvalue weighted by Gasteiger charge is -2.41. The second kappa shape index (κ2) is 7.51. The van der Waals surface area contributed by atoms with E-state index in [-0.39, 0.29) is 6.04 Å². The molecule has 2 fully saturated rings. The van der Waals surface area contributed by atoms with Crippen LogP contribution in [-0.2, 0) is 4.79 Å². The van der Waals surface area contributed by atoms with E-state index in [0.29, 0.717) is 17.1 Å². The van der Waals surface area contributed by atoms with Gasteiger partial charge < -0.3 is 10.2 Å². The fraction of sp³-hybridized carbons (Fsp3) is 0.611. The number of carbonyl (C=O) groups is 1. The third-order valence-corrected chi connectivity index (χ3v) is 6.08. The molecule has 2 heterocycles. The van der Waals surface area contributed by atoms with Gasteiger partial charge in [-0.15, -0.1) is 0 Å². The number of carbonyl (C=O) groups excluding carboxylic acids is 1. The number of thioether (sulfide) groups is 1. The predicted octanol–water partition coefficient (Wildman–Crippen LogP) is 3.08. The summed E-state index contributed by atoms with van der Waals surface area (Å²) in [4.78, 5) is 15.0. The summed E-state index contributed by atoms with van der Waals surface area (Å²) in [7, 11) is 0. The SMILES string of the molecule is C[C@H]1SCCN(C(=O)CC2CCNCC2)[C@H]1c1ccccc1. The summed E-state index contributed by atoms with van der Waals surface area (Å²) in [5.74, 6) is 1.98. The molecule has 2 aliphatic rings. The van der Waals surface area contributed by atoms with Crippen LogP contribution in [0, 0.1) is 5.92 Å². The first-order chi connectivity index (χ1) is 10.8. The minimum absolute atomic E-state index is 0.231. The molecule has 0 saturated carbocycles. The van der Waals surface area contributed by atoms with Crippen molar-refractivity contribution in [2.75, 3.05) is 25.4 Å². The van der Waals surface area contributed by atoms with E-state index in [2.05, 4.69) is 41.4 Å². The quantitative estimate of drug-likeness (QED) is 0.929. The molecule has 3 rings (SSSR count). The van der Waals surface area contributed by atoms with E-state index in [0.717, 1.165) is 44.6 Å². The first-order valence-electron chi connectivity index (χ1n) is 8.42. The summed E-state index contributed by atoms with van der Waals surface area (Å²) >= 11 is 1.98. The molecule has 4 heteroatoms. The average Bonchev–Trinajstić information content (AvgIpc) is 2.56. The highest BCUT2D eigenvalue weighted by Gasteiger charge is 2.34. The van der Waals surface area contributed by atoms with E-state index in [1.54, 1.807) is 0 Å². The highest BCUT2D eigenvalue weighted by atomic mass is 32.2. The highest BCUT2D eigenvalue weighted by molar-refractivity contribution is 8.00. The molecule has 0 radical (unpaired) electrons. The second-order valence-corrected chi connectivity index (χ2v) is 7.90. The van der Waals surface area contributed by atoms with E-state index in [1.807, 2.05) is 17.8 Å². The van der Waals surface area contributed by atoms with Crippen molar-refractivity contribution in [3.8, 4) is 0 Å². The normalized spacial score (nSPS) is 26.9. The Hall–Kier alpha value is -1.00. The van der Waals surface area contributed by atoms with E-state index < -0.39 is 0 Å². The molecular formula is C18H26N2OS. The Morgan fingerprint density at radius 2 is 2.00 bits per heavy atom. The van der Waals surface area contributed by atoms with Crippen LogP contribution in [0.2, 0.25) is 0 Å². The van der Waals surface area contributed by atoms with Gasteiger partial charge in [0, 0.05) is 24.0 Å². The summed E-state index contributed by atoms with van der Waals surface area (Å²) in [6.45, 7) is 5.27.